The smallest absolute Gasteiger partial charge is 0.221 e. The first-order valence-electron chi connectivity index (χ1n) is 8.09. The quantitative estimate of drug-likeness (QED) is 0.479. The van der Waals surface area contributed by atoms with Crippen LogP contribution in [0.1, 0.15) is 27.2 Å². The Kier molecular flexibility index (Phi) is 5.68. The molecule has 1 aromatic carbocycles. The van der Waals surface area contributed by atoms with Crippen molar-refractivity contribution in [3.05, 3.63) is 45.1 Å². The lowest BCUT2D eigenvalue weighted by Crippen LogP contribution is -2.06. The highest BCUT2D eigenvalue weighted by molar-refractivity contribution is 9.10. The summed E-state index contributed by atoms with van der Waals surface area (Å²) in [6, 6.07) is 5.03. The Bertz CT molecular complexity index is 982. The highest BCUT2D eigenvalue weighted by Crippen LogP contribution is 2.30. The molecule has 10 heteroatoms. The van der Waals surface area contributed by atoms with Crippen molar-refractivity contribution >= 4 is 21.7 Å². The number of aliphatic hydroxyl groups excluding tert-OH is 2. The molecule has 27 heavy (non-hydrogen) atoms. The van der Waals surface area contributed by atoms with Crippen LogP contribution in [0.4, 0.5) is 0 Å². The van der Waals surface area contributed by atoms with Crippen LogP contribution in [0.2, 0.25) is 0 Å². The first-order valence-corrected chi connectivity index (χ1v) is 8.89. The number of nitrogens with zero attached hydrogens (tertiary/aromatic N) is 4. The fraction of sp³-hybridized carbons (Fsp3) is 0.294. The van der Waals surface area contributed by atoms with Crippen molar-refractivity contribution in [3.8, 4) is 17.3 Å². The number of benzene rings is 1. The van der Waals surface area contributed by atoms with Crippen LogP contribution < -0.4 is 4.74 Å². The zero-order valence-electron chi connectivity index (χ0n) is 14.7. The van der Waals surface area contributed by atoms with Crippen molar-refractivity contribution in [3.63, 3.8) is 0 Å². The molecule has 2 heterocycles. The van der Waals surface area contributed by atoms with Crippen LogP contribution in [0.15, 0.2) is 22.7 Å². The van der Waals surface area contributed by atoms with E-state index in [1.54, 1.807) is 32.2 Å². The summed E-state index contributed by atoms with van der Waals surface area (Å²) in [4.78, 5) is 17.3. The average Bonchev–Trinajstić information content (AvgIpc) is 3.25. The molecule has 0 unspecified atom stereocenters. The van der Waals surface area contributed by atoms with Crippen molar-refractivity contribution in [1.29, 1.82) is 0 Å². The Hall–Kier alpha value is -2.56. The molecular formula is C17H18BrN5O4. The molecule has 3 rings (SSSR count). The SMILES string of the molecule is COc1ccc(C(=O)c2c(CO)[nH]c(-c3nnn(CCO)n3)c2C)cc1Br. The number of nitrogens with one attached hydrogen (secondary N) is 1. The standard InChI is InChI=1S/C17H18BrN5O4/c1-9-14(16(26)10-3-4-13(27-2)11(18)7-10)12(8-25)19-15(9)17-20-22-23(21-17)5-6-24/h3-4,7,19,24-25H,5-6,8H2,1-2H3. The molecule has 0 amide bonds. The van der Waals surface area contributed by atoms with Gasteiger partial charge in [0.1, 0.15) is 5.75 Å². The minimum Gasteiger partial charge on any atom is -0.496 e. The monoisotopic (exact) mass is 435 g/mol. The van der Waals surface area contributed by atoms with E-state index >= 15 is 0 Å². The Balaban J connectivity index is 2.03. The summed E-state index contributed by atoms with van der Waals surface area (Å²) in [7, 11) is 1.55. The van der Waals surface area contributed by atoms with Gasteiger partial charge < -0.3 is 19.9 Å². The van der Waals surface area contributed by atoms with Crippen LogP contribution in [-0.4, -0.2) is 54.9 Å². The summed E-state index contributed by atoms with van der Waals surface area (Å²) < 4.78 is 5.85. The number of ether oxygens (including phenoxy) is 1. The number of tetrazole rings is 1. The number of carbonyl (C=O) groups excluding carboxylic acids is 1. The Morgan fingerprint density at radius 3 is 2.78 bits per heavy atom. The molecule has 9 nitrogen and oxygen atoms in total. The summed E-state index contributed by atoms with van der Waals surface area (Å²) in [5.41, 5.74) is 2.29. The lowest BCUT2D eigenvalue weighted by molar-refractivity contribution is 0.103. The van der Waals surface area contributed by atoms with Gasteiger partial charge in [-0.25, -0.2) is 0 Å². The molecule has 2 aromatic heterocycles. The van der Waals surface area contributed by atoms with E-state index in [1.807, 2.05) is 0 Å². The van der Waals surface area contributed by atoms with Gasteiger partial charge in [0.15, 0.2) is 5.78 Å². The minimum atomic E-state index is -0.343. The Labute approximate surface area is 163 Å². The zero-order valence-corrected chi connectivity index (χ0v) is 16.3. The number of hydrogen-bond donors (Lipinski definition) is 3. The number of hydrogen-bond acceptors (Lipinski definition) is 7. The van der Waals surface area contributed by atoms with Gasteiger partial charge in [0.2, 0.25) is 5.82 Å². The highest BCUT2D eigenvalue weighted by Gasteiger charge is 2.24. The Morgan fingerprint density at radius 1 is 1.37 bits per heavy atom. The molecule has 3 aromatic rings. The van der Waals surface area contributed by atoms with Crippen molar-refractivity contribution < 1.29 is 19.7 Å². The number of ketones is 1. The van der Waals surface area contributed by atoms with Gasteiger partial charge in [0.25, 0.3) is 0 Å². The van der Waals surface area contributed by atoms with E-state index in [-0.39, 0.29) is 31.4 Å². The molecule has 0 bridgehead atoms. The number of aromatic amines is 1. The summed E-state index contributed by atoms with van der Waals surface area (Å²) in [5, 5.41) is 30.7. The van der Waals surface area contributed by atoms with E-state index in [0.717, 1.165) is 0 Å². The number of halogens is 1. The van der Waals surface area contributed by atoms with Crippen LogP contribution in [-0.2, 0) is 13.2 Å². The van der Waals surface area contributed by atoms with Crippen LogP contribution in [0.5, 0.6) is 5.75 Å². The van der Waals surface area contributed by atoms with Crippen molar-refractivity contribution in [2.24, 2.45) is 0 Å². The topological polar surface area (TPSA) is 126 Å². The third-order valence-corrected chi connectivity index (χ3v) is 4.72. The van der Waals surface area contributed by atoms with Crippen molar-refractivity contribution in [1.82, 2.24) is 25.2 Å². The van der Waals surface area contributed by atoms with E-state index < -0.39 is 0 Å². The fourth-order valence-electron chi connectivity index (χ4n) is 2.79. The first-order chi connectivity index (χ1) is 13.0. The van der Waals surface area contributed by atoms with Gasteiger partial charge in [-0.1, -0.05) is 0 Å². The van der Waals surface area contributed by atoms with Crippen LogP contribution in [0, 0.1) is 6.92 Å². The second-order valence-electron chi connectivity index (χ2n) is 5.75. The minimum absolute atomic E-state index is 0.114. The summed E-state index contributed by atoms with van der Waals surface area (Å²) in [5.74, 6) is 0.654. The van der Waals surface area contributed by atoms with Gasteiger partial charge in [0, 0.05) is 11.1 Å². The second-order valence-corrected chi connectivity index (χ2v) is 6.60. The van der Waals surface area contributed by atoms with E-state index in [4.69, 9.17) is 9.84 Å². The molecule has 0 aliphatic heterocycles. The number of aromatic nitrogens is 5. The predicted octanol–water partition coefficient (Wildman–Crippen LogP) is 1.46. The molecule has 0 radical (unpaired) electrons. The van der Waals surface area contributed by atoms with Gasteiger partial charge in [0.05, 0.1) is 42.7 Å². The first kappa shape index (κ1) is 19.2. The Morgan fingerprint density at radius 2 is 2.15 bits per heavy atom. The molecule has 142 valence electrons. The number of rotatable bonds is 7. The van der Waals surface area contributed by atoms with Gasteiger partial charge >= 0.3 is 0 Å². The van der Waals surface area contributed by atoms with E-state index in [1.165, 1.54) is 4.80 Å². The molecule has 0 saturated heterocycles. The maximum absolute atomic E-state index is 13.1. The molecule has 0 saturated carbocycles. The summed E-state index contributed by atoms with van der Waals surface area (Å²) in [6.45, 7) is 1.51. The third kappa shape index (κ3) is 3.64. The van der Waals surface area contributed by atoms with Crippen LogP contribution in [0.3, 0.4) is 0 Å². The maximum Gasteiger partial charge on any atom is 0.221 e. The van der Waals surface area contributed by atoms with E-state index in [9.17, 15) is 9.90 Å². The van der Waals surface area contributed by atoms with Crippen molar-refractivity contribution in [2.45, 2.75) is 20.1 Å². The molecule has 3 N–H and O–H groups in total. The van der Waals surface area contributed by atoms with Crippen LogP contribution in [0.25, 0.3) is 11.5 Å². The lowest BCUT2D eigenvalue weighted by atomic mass is 9.99. The van der Waals surface area contributed by atoms with Crippen LogP contribution >= 0.6 is 15.9 Å². The molecule has 0 atom stereocenters. The van der Waals surface area contributed by atoms with E-state index in [0.29, 0.717) is 38.3 Å². The van der Waals surface area contributed by atoms with E-state index in [2.05, 4.69) is 36.3 Å². The molecule has 0 spiro atoms. The van der Waals surface area contributed by atoms with Gasteiger partial charge in [-0.15, -0.1) is 10.2 Å². The molecular weight excluding hydrogens is 418 g/mol. The average molecular weight is 436 g/mol. The van der Waals surface area contributed by atoms with Gasteiger partial charge in [-0.3, -0.25) is 4.79 Å². The number of methoxy groups -OCH3 is 1. The normalized spacial score (nSPS) is 11.0. The summed E-state index contributed by atoms with van der Waals surface area (Å²) in [6.07, 6.45) is 0. The zero-order chi connectivity index (χ0) is 19.6. The van der Waals surface area contributed by atoms with Gasteiger partial charge in [-0.05, 0) is 51.8 Å². The lowest BCUT2D eigenvalue weighted by Gasteiger charge is -2.07. The number of H-pyrrole nitrogens is 1. The predicted molar refractivity (Wildman–Crippen MR) is 99.5 cm³/mol. The third-order valence-electron chi connectivity index (χ3n) is 4.10. The number of carbonyl (C=O) groups is 1. The number of aliphatic hydroxyl groups is 2. The second kappa shape index (κ2) is 7.99. The largest absolute Gasteiger partial charge is 0.496 e. The molecule has 0 aliphatic carbocycles. The van der Waals surface area contributed by atoms with Gasteiger partial charge in [-0.2, -0.15) is 4.80 Å². The molecule has 0 fully saturated rings. The fourth-order valence-corrected chi connectivity index (χ4v) is 3.33. The highest BCUT2D eigenvalue weighted by atomic mass is 79.9. The maximum atomic E-state index is 13.1. The summed E-state index contributed by atoms with van der Waals surface area (Å²) >= 11 is 3.38. The van der Waals surface area contributed by atoms with Crippen molar-refractivity contribution in [2.75, 3.05) is 13.7 Å². The molecule has 0 aliphatic rings.